The molecule has 0 aromatic heterocycles. The van der Waals surface area contributed by atoms with Gasteiger partial charge in [0, 0.05) is 22.9 Å². The molecule has 1 fully saturated rings. The minimum absolute atomic E-state index is 0.0941. The summed E-state index contributed by atoms with van der Waals surface area (Å²) in [5.41, 5.74) is -0.0941. The molecule has 110 valence electrons. The summed E-state index contributed by atoms with van der Waals surface area (Å²) in [6.45, 7) is 2.36. The summed E-state index contributed by atoms with van der Waals surface area (Å²) < 4.78 is 41.1. The van der Waals surface area contributed by atoms with E-state index in [2.05, 4.69) is 5.32 Å². The zero-order valence-corrected chi connectivity index (χ0v) is 12.2. The van der Waals surface area contributed by atoms with E-state index in [0.717, 1.165) is 18.2 Å². The maximum Gasteiger partial charge on any atom is 0.261 e. The van der Waals surface area contributed by atoms with Crippen molar-refractivity contribution < 1.29 is 22.3 Å². The van der Waals surface area contributed by atoms with Gasteiger partial charge in [0.05, 0.1) is 17.0 Å². The van der Waals surface area contributed by atoms with Gasteiger partial charge < -0.3 is 10.1 Å². The van der Waals surface area contributed by atoms with Crippen molar-refractivity contribution >= 4 is 25.6 Å². The zero-order chi connectivity index (χ0) is 14.9. The molecule has 5 nitrogen and oxygen atoms in total. The number of benzene rings is 1. The monoisotopic (exact) mass is 321 g/mol. The van der Waals surface area contributed by atoms with E-state index in [-0.39, 0.29) is 17.7 Å². The van der Waals surface area contributed by atoms with Crippen LogP contribution < -0.4 is 5.32 Å². The molecule has 0 aliphatic carbocycles. The molecule has 1 saturated heterocycles. The fourth-order valence-electron chi connectivity index (χ4n) is 2.01. The molecule has 1 heterocycles. The highest BCUT2D eigenvalue weighted by atomic mass is 35.7. The lowest BCUT2D eigenvalue weighted by atomic mass is 10.1. The molecule has 8 heteroatoms. The largest absolute Gasteiger partial charge is 0.376 e. The van der Waals surface area contributed by atoms with Gasteiger partial charge >= 0.3 is 0 Å². The molecule has 1 aliphatic heterocycles. The molecule has 2 atom stereocenters. The number of nitrogens with one attached hydrogen (secondary N) is 1. The first-order chi connectivity index (χ1) is 9.27. The van der Waals surface area contributed by atoms with Crippen LogP contribution in [0, 0.1) is 5.82 Å². The topological polar surface area (TPSA) is 72.5 Å². The van der Waals surface area contributed by atoms with E-state index in [1.54, 1.807) is 0 Å². The maximum absolute atomic E-state index is 13.4. The van der Waals surface area contributed by atoms with Crippen molar-refractivity contribution in [1.29, 1.82) is 0 Å². The first-order valence-corrected chi connectivity index (χ1v) is 8.26. The highest BCUT2D eigenvalue weighted by molar-refractivity contribution is 8.13. The van der Waals surface area contributed by atoms with E-state index < -0.39 is 25.7 Å². The van der Waals surface area contributed by atoms with Crippen LogP contribution in [-0.2, 0) is 13.8 Å². The minimum atomic E-state index is -4.09. The van der Waals surface area contributed by atoms with Gasteiger partial charge in [-0.15, -0.1) is 0 Å². The van der Waals surface area contributed by atoms with E-state index in [4.69, 9.17) is 15.4 Å². The van der Waals surface area contributed by atoms with Gasteiger partial charge in [-0.25, -0.2) is 12.8 Å². The Morgan fingerprint density at radius 2 is 2.15 bits per heavy atom. The number of halogens is 2. The molecule has 0 radical (unpaired) electrons. The average Bonchev–Trinajstić information content (AvgIpc) is 2.73. The van der Waals surface area contributed by atoms with E-state index in [0.29, 0.717) is 13.0 Å². The third-order valence-electron chi connectivity index (χ3n) is 3.11. The molecule has 1 N–H and O–H groups in total. The van der Waals surface area contributed by atoms with Gasteiger partial charge in [0.15, 0.2) is 0 Å². The van der Waals surface area contributed by atoms with Crippen LogP contribution in [0.3, 0.4) is 0 Å². The number of amides is 1. The number of carbonyl (C=O) groups is 1. The van der Waals surface area contributed by atoms with Gasteiger partial charge in [-0.05, 0) is 31.5 Å². The summed E-state index contributed by atoms with van der Waals surface area (Å²) in [6, 6.07) is 2.59. The van der Waals surface area contributed by atoms with Crippen molar-refractivity contribution in [2.45, 2.75) is 30.4 Å². The second-order valence-electron chi connectivity index (χ2n) is 4.56. The Hall–Kier alpha value is -1.18. The van der Waals surface area contributed by atoms with E-state index in [9.17, 15) is 17.6 Å². The quantitative estimate of drug-likeness (QED) is 0.859. The normalized spacial score (nSPS) is 22.8. The number of hydrogen-bond acceptors (Lipinski definition) is 4. The lowest BCUT2D eigenvalue weighted by Crippen LogP contribution is -2.39. The van der Waals surface area contributed by atoms with Crippen molar-refractivity contribution in [3.05, 3.63) is 29.6 Å². The summed E-state index contributed by atoms with van der Waals surface area (Å²) in [7, 11) is 1.06. The molecular formula is C12H13ClFNO4S. The van der Waals surface area contributed by atoms with Gasteiger partial charge in [0.2, 0.25) is 0 Å². The van der Waals surface area contributed by atoms with Crippen LogP contribution in [0.5, 0.6) is 0 Å². The first kappa shape index (κ1) is 15.2. The number of ether oxygens (including phenoxy) is 1. The van der Waals surface area contributed by atoms with E-state index in [1.807, 2.05) is 6.92 Å². The second-order valence-corrected chi connectivity index (χ2v) is 7.12. The predicted octanol–water partition coefficient (Wildman–Crippen LogP) is 1.66. The molecule has 1 aromatic carbocycles. The summed E-state index contributed by atoms with van der Waals surface area (Å²) in [5.74, 6) is -1.40. The van der Waals surface area contributed by atoms with Gasteiger partial charge in [-0.1, -0.05) is 0 Å². The number of carbonyl (C=O) groups excluding carboxylic acids is 1. The minimum Gasteiger partial charge on any atom is -0.376 e. The summed E-state index contributed by atoms with van der Waals surface area (Å²) in [5, 5.41) is 2.68. The summed E-state index contributed by atoms with van der Waals surface area (Å²) in [6.07, 6.45) is 0.520. The molecule has 1 aliphatic rings. The second kappa shape index (κ2) is 5.67. The Kier molecular flexibility index (Phi) is 4.31. The lowest BCUT2D eigenvalue weighted by Gasteiger charge is -2.16. The highest BCUT2D eigenvalue weighted by Crippen LogP contribution is 2.19. The van der Waals surface area contributed by atoms with Gasteiger partial charge in [0.25, 0.3) is 15.0 Å². The molecule has 0 spiro atoms. The molecule has 2 unspecified atom stereocenters. The van der Waals surface area contributed by atoms with Crippen molar-refractivity contribution in [2.75, 3.05) is 6.61 Å². The summed E-state index contributed by atoms with van der Waals surface area (Å²) >= 11 is 0. The Morgan fingerprint density at radius 1 is 1.45 bits per heavy atom. The smallest absolute Gasteiger partial charge is 0.261 e. The molecule has 0 saturated carbocycles. The standard InChI is InChI=1S/C12H13ClFNO4S/c1-7-11(2-3-19-7)15-12(16)8-4-9(14)6-10(5-8)20(13,17)18/h4-7,11H,2-3H2,1H3,(H,15,16). The molecule has 1 aromatic rings. The van der Waals surface area contributed by atoms with Crippen molar-refractivity contribution in [2.24, 2.45) is 0 Å². The summed E-state index contributed by atoms with van der Waals surface area (Å²) in [4.78, 5) is 11.6. The molecule has 20 heavy (non-hydrogen) atoms. The van der Waals surface area contributed by atoms with Crippen LogP contribution in [0.2, 0.25) is 0 Å². The molecular weight excluding hydrogens is 309 g/mol. The van der Waals surface area contributed by atoms with Gasteiger partial charge in [-0.2, -0.15) is 0 Å². The van der Waals surface area contributed by atoms with E-state index >= 15 is 0 Å². The maximum atomic E-state index is 13.4. The Bertz CT molecular complexity index is 634. The lowest BCUT2D eigenvalue weighted by molar-refractivity contribution is 0.0865. The number of hydrogen-bond donors (Lipinski definition) is 1. The van der Waals surface area contributed by atoms with Gasteiger partial charge in [0.1, 0.15) is 5.82 Å². The predicted molar refractivity (Wildman–Crippen MR) is 70.7 cm³/mol. The molecule has 0 bridgehead atoms. The van der Waals surface area contributed by atoms with Crippen LogP contribution in [0.15, 0.2) is 23.1 Å². The van der Waals surface area contributed by atoms with Crippen LogP contribution in [0.1, 0.15) is 23.7 Å². The van der Waals surface area contributed by atoms with Crippen LogP contribution in [0.4, 0.5) is 4.39 Å². The third-order valence-corrected chi connectivity index (χ3v) is 4.44. The third kappa shape index (κ3) is 3.47. The van der Waals surface area contributed by atoms with Crippen LogP contribution >= 0.6 is 10.7 Å². The Morgan fingerprint density at radius 3 is 2.70 bits per heavy atom. The Balaban J connectivity index is 2.24. The SMILES string of the molecule is CC1OCCC1NC(=O)c1cc(F)cc(S(=O)(=O)Cl)c1. The average molecular weight is 322 g/mol. The van der Waals surface area contributed by atoms with Crippen molar-refractivity contribution in [3.8, 4) is 0 Å². The van der Waals surface area contributed by atoms with Crippen molar-refractivity contribution in [3.63, 3.8) is 0 Å². The number of rotatable bonds is 3. The molecule has 1 amide bonds. The fourth-order valence-corrected chi connectivity index (χ4v) is 2.80. The van der Waals surface area contributed by atoms with Gasteiger partial charge in [-0.3, -0.25) is 4.79 Å². The Labute approximate surface area is 120 Å². The first-order valence-electron chi connectivity index (χ1n) is 5.95. The van der Waals surface area contributed by atoms with Crippen molar-refractivity contribution in [1.82, 2.24) is 5.32 Å². The zero-order valence-electron chi connectivity index (χ0n) is 10.6. The fraction of sp³-hybridized carbons (Fsp3) is 0.417. The van der Waals surface area contributed by atoms with Crippen LogP contribution in [0.25, 0.3) is 0 Å². The van der Waals surface area contributed by atoms with Crippen LogP contribution in [-0.4, -0.2) is 33.1 Å². The highest BCUT2D eigenvalue weighted by Gasteiger charge is 2.26. The van der Waals surface area contributed by atoms with E-state index in [1.165, 1.54) is 0 Å². The molecule has 2 rings (SSSR count).